The van der Waals surface area contributed by atoms with Crippen LogP contribution in [-0.4, -0.2) is 16.8 Å². The summed E-state index contributed by atoms with van der Waals surface area (Å²) < 4.78 is 0. The van der Waals surface area contributed by atoms with Gasteiger partial charge in [0.2, 0.25) is 0 Å². The standard InChI is InChI=1S/C14H16O2/c1-10(9-15)14(16)13-8-4-6-11-5-2-3-7-12(11)13/h2-8,10,14-16H,9H2,1H3/t10-,14-/m1/s1. The molecule has 0 amide bonds. The van der Waals surface area contributed by atoms with E-state index in [2.05, 4.69) is 0 Å². The second kappa shape index (κ2) is 4.64. The largest absolute Gasteiger partial charge is 0.396 e. The fourth-order valence-corrected chi connectivity index (χ4v) is 1.91. The number of hydrogen-bond acceptors (Lipinski definition) is 2. The molecule has 2 nitrogen and oxygen atoms in total. The maximum Gasteiger partial charge on any atom is 0.0843 e. The van der Waals surface area contributed by atoms with Crippen molar-refractivity contribution in [3.05, 3.63) is 48.0 Å². The van der Waals surface area contributed by atoms with Crippen molar-refractivity contribution in [3.63, 3.8) is 0 Å². The van der Waals surface area contributed by atoms with Crippen molar-refractivity contribution in [1.29, 1.82) is 0 Å². The minimum atomic E-state index is -0.615. The van der Waals surface area contributed by atoms with Gasteiger partial charge in [0.25, 0.3) is 0 Å². The van der Waals surface area contributed by atoms with Gasteiger partial charge < -0.3 is 10.2 Å². The Balaban J connectivity index is 2.52. The first-order valence-electron chi connectivity index (χ1n) is 5.50. The van der Waals surface area contributed by atoms with Crippen molar-refractivity contribution in [2.75, 3.05) is 6.61 Å². The summed E-state index contributed by atoms with van der Waals surface area (Å²) in [5.41, 5.74) is 0.889. The number of fused-ring (bicyclic) bond motifs is 1. The quantitative estimate of drug-likeness (QED) is 0.827. The van der Waals surface area contributed by atoms with Crippen LogP contribution in [-0.2, 0) is 0 Å². The van der Waals surface area contributed by atoms with Gasteiger partial charge in [0, 0.05) is 12.5 Å². The van der Waals surface area contributed by atoms with Crippen molar-refractivity contribution < 1.29 is 10.2 Å². The zero-order chi connectivity index (χ0) is 11.5. The molecule has 2 rings (SSSR count). The second-order valence-electron chi connectivity index (χ2n) is 4.17. The molecular formula is C14H16O2. The molecule has 0 saturated heterocycles. The molecule has 84 valence electrons. The van der Waals surface area contributed by atoms with Gasteiger partial charge in [-0.15, -0.1) is 0 Å². The lowest BCUT2D eigenvalue weighted by Gasteiger charge is -2.18. The monoisotopic (exact) mass is 216 g/mol. The maximum atomic E-state index is 10.1. The smallest absolute Gasteiger partial charge is 0.0843 e. The molecule has 2 aromatic carbocycles. The Morgan fingerprint density at radius 3 is 2.50 bits per heavy atom. The summed E-state index contributed by atoms with van der Waals surface area (Å²) >= 11 is 0. The molecule has 0 aliphatic heterocycles. The average Bonchev–Trinajstić information content (AvgIpc) is 2.36. The Kier molecular flexibility index (Phi) is 3.22. The SMILES string of the molecule is C[C@H](CO)[C@@H](O)c1cccc2ccccc12. The summed E-state index contributed by atoms with van der Waals surface area (Å²) in [6.45, 7) is 1.83. The molecule has 0 saturated carbocycles. The van der Waals surface area contributed by atoms with E-state index < -0.39 is 6.10 Å². The van der Waals surface area contributed by atoms with E-state index >= 15 is 0 Å². The normalized spacial score (nSPS) is 14.9. The Morgan fingerprint density at radius 2 is 1.75 bits per heavy atom. The topological polar surface area (TPSA) is 40.5 Å². The summed E-state index contributed by atoms with van der Waals surface area (Å²) in [4.78, 5) is 0. The van der Waals surface area contributed by atoms with Gasteiger partial charge in [-0.1, -0.05) is 49.4 Å². The van der Waals surface area contributed by atoms with E-state index in [1.165, 1.54) is 0 Å². The zero-order valence-electron chi connectivity index (χ0n) is 9.30. The first-order chi connectivity index (χ1) is 7.74. The van der Waals surface area contributed by atoms with Gasteiger partial charge >= 0.3 is 0 Å². The van der Waals surface area contributed by atoms with Gasteiger partial charge in [-0.3, -0.25) is 0 Å². The minimum absolute atomic E-state index is 0.00954. The van der Waals surface area contributed by atoms with Crippen LogP contribution < -0.4 is 0 Å². The van der Waals surface area contributed by atoms with E-state index in [1.807, 2.05) is 49.4 Å². The molecule has 0 fully saturated rings. The first kappa shape index (κ1) is 11.1. The highest BCUT2D eigenvalue weighted by Gasteiger charge is 2.17. The number of aliphatic hydroxyl groups is 2. The van der Waals surface area contributed by atoms with Crippen LogP contribution in [0.15, 0.2) is 42.5 Å². The Hall–Kier alpha value is -1.38. The predicted octanol–water partition coefficient (Wildman–Crippen LogP) is 2.50. The predicted molar refractivity (Wildman–Crippen MR) is 65.2 cm³/mol. The Bertz CT molecular complexity index is 474. The van der Waals surface area contributed by atoms with Crippen LogP contribution in [0.4, 0.5) is 0 Å². The van der Waals surface area contributed by atoms with Crippen LogP contribution in [0.1, 0.15) is 18.6 Å². The van der Waals surface area contributed by atoms with Gasteiger partial charge in [-0.05, 0) is 16.3 Å². The fraction of sp³-hybridized carbons (Fsp3) is 0.286. The molecule has 2 N–H and O–H groups in total. The average molecular weight is 216 g/mol. The van der Waals surface area contributed by atoms with Crippen molar-refractivity contribution in [1.82, 2.24) is 0 Å². The molecule has 0 radical (unpaired) electrons. The highest BCUT2D eigenvalue weighted by Crippen LogP contribution is 2.28. The van der Waals surface area contributed by atoms with E-state index in [0.29, 0.717) is 0 Å². The Morgan fingerprint density at radius 1 is 1.06 bits per heavy atom. The van der Waals surface area contributed by atoms with Gasteiger partial charge in [-0.2, -0.15) is 0 Å². The maximum absolute atomic E-state index is 10.1. The molecular weight excluding hydrogens is 200 g/mol. The molecule has 0 aliphatic carbocycles. The highest BCUT2D eigenvalue weighted by molar-refractivity contribution is 5.85. The number of aliphatic hydroxyl groups excluding tert-OH is 2. The summed E-state index contributed by atoms with van der Waals surface area (Å²) in [5.74, 6) is -0.147. The molecule has 16 heavy (non-hydrogen) atoms. The highest BCUT2D eigenvalue weighted by atomic mass is 16.3. The first-order valence-corrected chi connectivity index (χ1v) is 5.50. The third-order valence-corrected chi connectivity index (χ3v) is 2.97. The van der Waals surface area contributed by atoms with Gasteiger partial charge in [0.05, 0.1) is 6.10 Å². The van der Waals surface area contributed by atoms with E-state index in [0.717, 1.165) is 16.3 Å². The van der Waals surface area contributed by atoms with Crippen molar-refractivity contribution in [3.8, 4) is 0 Å². The lowest BCUT2D eigenvalue weighted by Crippen LogP contribution is -2.13. The number of hydrogen-bond donors (Lipinski definition) is 2. The summed E-state index contributed by atoms with van der Waals surface area (Å²) in [6.07, 6.45) is -0.615. The third-order valence-electron chi connectivity index (χ3n) is 2.97. The number of rotatable bonds is 3. The van der Waals surface area contributed by atoms with E-state index in [1.54, 1.807) is 0 Å². The van der Waals surface area contributed by atoms with E-state index in [4.69, 9.17) is 5.11 Å². The molecule has 0 aromatic heterocycles. The van der Waals surface area contributed by atoms with Gasteiger partial charge in [0.15, 0.2) is 0 Å². The van der Waals surface area contributed by atoms with Crippen molar-refractivity contribution in [2.45, 2.75) is 13.0 Å². The molecule has 0 unspecified atom stereocenters. The van der Waals surface area contributed by atoms with Crippen molar-refractivity contribution >= 4 is 10.8 Å². The third kappa shape index (κ3) is 1.94. The van der Waals surface area contributed by atoms with Crippen LogP contribution in [0, 0.1) is 5.92 Å². The summed E-state index contributed by atoms with van der Waals surface area (Å²) in [7, 11) is 0. The van der Waals surface area contributed by atoms with Crippen LogP contribution in [0.5, 0.6) is 0 Å². The summed E-state index contributed by atoms with van der Waals surface area (Å²) in [5, 5.41) is 21.4. The second-order valence-corrected chi connectivity index (χ2v) is 4.17. The molecule has 0 heterocycles. The Labute approximate surface area is 95.2 Å². The molecule has 0 spiro atoms. The lowest BCUT2D eigenvalue weighted by molar-refractivity contribution is 0.0781. The molecule has 2 heteroatoms. The zero-order valence-corrected chi connectivity index (χ0v) is 9.30. The van der Waals surface area contributed by atoms with Crippen LogP contribution in [0.3, 0.4) is 0 Å². The minimum Gasteiger partial charge on any atom is -0.396 e. The van der Waals surface area contributed by atoms with Crippen molar-refractivity contribution in [2.24, 2.45) is 5.92 Å². The number of benzene rings is 2. The molecule has 2 atom stereocenters. The van der Waals surface area contributed by atoms with Crippen LogP contribution in [0.25, 0.3) is 10.8 Å². The van der Waals surface area contributed by atoms with E-state index in [9.17, 15) is 5.11 Å². The fourth-order valence-electron chi connectivity index (χ4n) is 1.91. The van der Waals surface area contributed by atoms with Gasteiger partial charge in [-0.25, -0.2) is 0 Å². The summed E-state index contributed by atoms with van der Waals surface area (Å²) in [6, 6.07) is 13.8. The van der Waals surface area contributed by atoms with Gasteiger partial charge in [0.1, 0.15) is 0 Å². The molecule has 0 aliphatic rings. The molecule has 2 aromatic rings. The molecule has 0 bridgehead atoms. The van der Waals surface area contributed by atoms with Crippen LogP contribution >= 0.6 is 0 Å². The van der Waals surface area contributed by atoms with Crippen LogP contribution in [0.2, 0.25) is 0 Å². The van der Waals surface area contributed by atoms with E-state index in [-0.39, 0.29) is 12.5 Å². The lowest BCUT2D eigenvalue weighted by atomic mass is 9.93.